The Labute approximate surface area is 119 Å². The summed E-state index contributed by atoms with van der Waals surface area (Å²) in [5, 5.41) is 2.84. The number of hydrogen-bond donors (Lipinski definition) is 2. The number of carbonyl (C=O) groups excluding carboxylic acids is 1. The molecule has 0 bridgehead atoms. The van der Waals surface area contributed by atoms with E-state index in [1.807, 2.05) is 38.1 Å². The van der Waals surface area contributed by atoms with Crippen molar-refractivity contribution in [3.8, 4) is 5.75 Å². The molecule has 0 atom stereocenters. The van der Waals surface area contributed by atoms with Crippen molar-refractivity contribution >= 4 is 23.1 Å². The van der Waals surface area contributed by atoms with Gasteiger partial charge in [0.05, 0.1) is 18.5 Å². The Kier molecular flexibility index (Phi) is 5.30. The zero-order valence-corrected chi connectivity index (χ0v) is 12.3. The van der Waals surface area contributed by atoms with Crippen molar-refractivity contribution in [2.75, 3.05) is 13.7 Å². The lowest BCUT2D eigenvalue weighted by molar-refractivity contribution is -0.120. The minimum atomic E-state index is -0.370. The highest BCUT2D eigenvalue weighted by Crippen LogP contribution is 2.14. The Morgan fingerprint density at radius 3 is 2.42 bits per heavy atom. The molecule has 1 aromatic rings. The molecule has 4 nitrogen and oxygen atoms in total. The van der Waals surface area contributed by atoms with Gasteiger partial charge in [0.2, 0.25) is 5.91 Å². The summed E-state index contributed by atoms with van der Waals surface area (Å²) in [5.74, 6) is 0.730. The summed E-state index contributed by atoms with van der Waals surface area (Å²) in [6.07, 6.45) is 0.331. The van der Waals surface area contributed by atoms with E-state index in [4.69, 9.17) is 22.7 Å². The monoisotopic (exact) mass is 280 g/mol. The van der Waals surface area contributed by atoms with Crippen LogP contribution in [-0.2, 0) is 11.2 Å². The summed E-state index contributed by atoms with van der Waals surface area (Å²) < 4.78 is 5.06. The second-order valence-electron chi connectivity index (χ2n) is 5.05. The van der Waals surface area contributed by atoms with Crippen molar-refractivity contribution in [1.82, 2.24) is 5.32 Å². The number of amides is 1. The number of thiocarbonyl (C=S) groups is 1. The minimum absolute atomic E-state index is 0.0468. The lowest BCUT2D eigenvalue weighted by Gasteiger charge is -2.23. The van der Waals surface area contributed by atoms with Gasteiger partial charge in [-0.05, 0) is 17.7 Å². The van der Waals surface area contributed by atoms with Crippen molar-refractivity contribution in [3.63, 3.8) is 0 Å². The van der Waals surface area contributed by atoms with Gasteiger partial charge >= 0.3 is 0 Å². The van der Waals surface area contributed by atoms with E-state index in [0.29, 0.717) is 18.0 Å². The molecule has 0 unspecified atom stereocenters. The van der Waals surface area contributed by atoms with Crippen LogP contribution < -0.4 is 15.8 Å². The van der Waals surface area contributed by atoms with Crippen LogP contribution in [0.2, 0.25) is 0 Å². The highest BCUT2D eigenvalue weighted by Gasteiger charge is 2.21. The van der Waals surface area contributed by atoms with Crippen LogP contribution in [0.3, 0.4) is 0 Å². The maximum absolute atomic E-state index is 11.8. The van der Waals surface area contributed by atoms with Crippen molar-refractivity contribution in [1.29, 1.82) is 0 Å². The van der Waals surface area contributed by atoms with Crippen LogP contribution in [0.5, 0.6) is 5.75 Å². The van der Waals surface area contributed by atoms with Crippen molar-refractivity contribution in [2.45, 2.75) is 20.3 Å². The highest BCUT2D eigenvalue weighted by molar-refractivity contribution is 7.80. The third-order valence-electron chi connectivity index (χ3n) is 2.92. The molecule has 1 aromatic carbocycles. The first-order valence-corrected chi connectivity index (χ1v) is 6.45. The molecule has 3 N–H and O–H groups in total. The van der Waals surface area contributed by atoms with Crippen LogP contribution in [0.1, 0.15) is 19.4 Å². The molecule has 0 fully saturated rings. The molecule has 0 aliphatic heterocycles. The molecule has 1 rings (SSSR count). The molecule has 0 radical (unpaired) electrons. The van der Waals surface area contributed by atoms with Crippen LogP contribution in [0, 0.1) is 5.41 Å². The van der Waals surface area contributed by atoms with E-state index in [1.165, 1.54) is 0 Å². The van der Waals surface area contributed by atoms with Crippen LogP contribution in [-0.4, -0.2) is 24.6 Å². The van der Waals surface area contributed by atoms with Crippen molar-refractivity contribution in [2.24, 2.45) is 11.1 Å². The number of hydrogen-bond acceptors (Lipinski definition) is 3. The van der Waals surface area contributed by atoms with Gasteiger partial charge in [-0.3, -0.25) is 4.79 Å². The number of nitrogens with two attached hydrogens (primary N) is 1. The predicted octanol–water partition coefficient (Wildman–Crippen LogP) is 1.67. The topological polar surface area (TPSA) is 64.3 Å². The maximum atomic E-state index is 11.8. The second kappa shape index (κ2) is 6.52. The average molecular weight is 280 g/mol. The fourth-order valence-corrected chi connectivity index (χ4v) is 1.47. The molecular formula is C14H20N2O2S. The third-order valence-corrected chi connectivity index (χ3v) is 3.47. The van der Waals surface area contributed by atoms with Gasteiger partial charge in [0.1, 0.15) is 5.75 Å². The molecule has 0 aliphatic rings. The standard InChI is InChI=1S/C14H20N2O2S/c1-14(2,13(15)19)9-16-12(17)8-10-4-6-11(18-3)7-5-10/h4-7H,8-9H2,1-3H3,(H2,15,19)(H,16,17). The van der Waals surface area contributed by atoms with Gasteiger partial charge < -0.3 is 15.8 Å². The third kappa shape index (κ3) is 4.87. The summed E-state index contributed by atoms with van der Waals surface area (Å²) >= 11 is 4.95. The Morgan fingerprint density at radius 1 is 1.37 bits per heavy atom. The van der Waals surface area contributed by atoms with E-state index in [9.17, 15) is 4.79 Å². The van der Waals surface area contributed by atoms with Gasteiger partial charge in [-0.2, -0.15) is 0 Å². The lowest BCUT2D eigenvalue weighted by atomic mass is 9.93. The zero-order valence-electron chi connectivity index (χ0n) is 11.5. The fraction of sp³-hybridized carbons (Fsp3) is 0.429. The number of benzene rings is 1. The Hall–Kier alpha value is -1.62. The largest absolute Gasteiger partial charge is 0.497 e. The summed E-state index contributed by atoms with van der Waals surface area (Å²) in [7, 11) is 1.61. The normalized spacial score (nSPS) is 10.9. The van der Waals surface area contributed by atoms with E-state index in [-0.39, 0.29) is 11.3 Å². The molecule has 5 heteroatoms. The summed E-state index contributed by atoms with van der Waals surface area (Å²) in [5.41, 5.74) is 6.17. The van der Waals surface area contributed by atoms with E-state index in [2.05, 4.69) is 5.32 Å². The summed E-state index contributed by atoms with van der Waals surface area (Å²) in [6.45, 7) is 4.25. The quantitative estimate of drug-likeness (QED) is 0.778. The average Bonchev–Trinajstić information content (AvgIpc) is 2.37. The van der Waals surface area contributed by atoms with Gasteiger partial charge in [0, 0.05) is 12.0 Å². The second-order valence-corrected chi connectivity index (χ2v) is 5.49. The van der Waals surface area contributed by atoms with E-state index in [1.54, 1.807) is 7.11 Å². The van der Waals surface area contributed by atoms with E-state index < -0.39 is 0 Å². The highest BCUT2D eigenvalue weighted by atomic mass is 32.1. The molecule has 0 saturated heterocycles. The minimum Gasteiger partial charge on any atom is -0.497 e. The Morgan fingerprint density at radius 2 is 1.95 bits per heavy atom. The SMILES string of the molecule is COc1ccc(CC(=O)NCC(C)(C)C(N)=S)cc1. The first kappa shape index (κ1) is 15.4. The van der Waals surface area contributed by atoms with Gasteiger partial charge in [-0.25, -0.2) is 0 Å². The predicted molar refractivity (Wildman–Crippen MR) is 80.3 cm³/mol. The lowest BCUT2D eigenvalue weighted by Crippen LogP contribution is -2.41. The van der Waals surface area contributed by atoms with Gasteiger partial charge in [0.25, 0.3) is 0 Å². The van der Waals surface area contributed by atoms with E-state index >= 15 is 0 Å². The van der Waals surface area contributed by atoms with Gasteiger partial charge in [-0.15, -0.1) is 0 Å². The van der Waals surface area contributed by atoms with Crippen LogP contribution in [0.4, 0.5) is 0 Å². The number of nitrogens with one attached hydrogen (secondary N) is 1. The molecule has 0 saturated carbocycles. The van der Waals surface area contributed by atoms with Crippen molar-refractivity contribution < 1.29 is 9.53 Å². The molecule has 0 spiro atoms. The molecule has 0 heterocycles. The first-order chi connectivity index (χ1) is 8.85. The van der Waals surface area contributed by atoms with Crippen LogP contribution in [0.15, 0.2) is 24.3 Å². The Balaban J connectivity index is 2.49. The number of carbonyl (C=O) groups is 1. The van der Waals surface area contributed by atoms with Crippen molar-refractivity contribution in [3.05, 3.63) is 29.8 Å². The molecule has 0 aliphatic carbocycles. The zero-order chi connectivity index (χ0) is 14.5. The molecule has 1 amide bonds. The molecular weight excluding hydrogens is 260 g/mol. The van der Waals surface area contributed by atoms with Crippen LogP contribution >= 0.6 is 12.2 Å². The molecule has 0 aromatic heterocycles. The smallest absolute Gasteiger partial charge is 0.224 e. The number of ether oxygens (including phenoxy) is 1. The first-order valence-electron chi connectivity index (χ1n) is 6.04. The molecule has 19 heavy (non-hydrogen) atoms. The molecule has 104 valence electrons. The summed E-state index contributed by atoms with van der Waals surface area (Å²) in [4.78, 5) is 12.2. The number of rotatable bonds is 6. The maximum Gasteiger partial charge on any atom is 0.224 e. The van der Waals surface area contributed by atoms with Gasteiger partial charge in [0.15, 0.2) is 0 Å². The Bertz CT molecular complexity index is 455. The van der Waals surface area contributed by atoms with E-state index in [0.717, 1.165) is 11.3 Å². The fourth-order valence-electron chi connectivity index (χ4n) is 1.40. The van der Waals surface area contributed by atoms with Gasteiger partial charge in [-0.1, -0.05) is 38.2 Å². The number of methoxy groups -OCH3 is 1. The van der Waals surface area contributed by atoms with Crippen LogP contribution in [0.25, 0.3) is 0 Å². The summed E-state index contributed by atoms with van der Waals surface area (Å²) in [6, 6.07) is 7.41.